The summed E-state index contributed by atoms with van der Waals surface area (Å²) >= 11 is 1.72. The third kappa shape index (κ3) is 4.79. The Bertz CT molecular complexity index is 1000. The van der Waals surface area contributed by atoms with E-state index in [2.05, 4.69) is 56.5 Å². The van der Waals surface area contributed by atoms with Gasteiger partial charge in [-0.05, 0) is 53.8 Å². The van der Waals surface area contributed by atoms with E-state index in [1.165, 1.54) is 14.7 Å². The Labute approximate surface area is 184 Å². The molecule has 1 aliphatic rings. The molecule has 0 bridgehead atoms. The minimum atomic E-state index is -3.46. The maximum Gasteiger partial charge on any atom is 0.238 e. The molecule has 2 heterocycles. The summed E-state index contributed by atoms with van der Waals surface area (Å²) in [7, 11) is -3.46. The third-order valence-corrected chi connectivity index (χ3v) is 8.07. The number of amides is 1. The quantitative estimate of drug-likeness (QED) is 0.689. The molecule has 0 radical (unpaired) electrons. The van der Waals surface area contributed by atoms with Crippen molar-refractivity contribution in [3.05, 3.63) is 57.3 Å². The maximum absolute atomic E-state index is 13.3. The monoisotopic (exact) mass is 448 g/mol. The summed E-state index contributed by atoms with van der Waals surface area (Å²) in [5.74, 6) is -0.157. The highest BCUT2D eigenvalue weighted by Gasteiger charge is 2.35. The van der Waals surface area contributed by atoms with Crippen LogP contribution in [0.4, 0.5) is 0 Å². The number of hydrogen-bond donors (Lipinski definition) is 0. The van der Waals surface area contributed by atoms with Gasteiger partial charge in [-0.15, -0.1) is 11.3 Å². The molecule has 0 saturated heterocycles. The van der Waals surface area contributed by atoms with Gasteiger partial charge in [0.05, 0.1) is 18.8 Å². The van der Waals surface area contributed by atoms with Crippen LogP contribution in [-0.4, -0.2) is 48.9 Å². The highest BCUT2D eigenvalue weighted by atomic mass is 32.2. The number of hydrogen-bond acceptors (Lipinski definition) is 4. The predicted octanol–water partition coefficient (Wildman–Crippen LogP) is 4.19. The molecule has 164 valence electrons. The first-order chi connectivity index (χ1) is 13.9. The molecule has 0 saturated carbocycles. The fourth-order valence-corrected chi connectivity index (χ4v) is 6.03. The van der Waals surface area contributed by atoms with Gasteiger partial charge >= 0.3 is 0 Å². The largest absolute Gasteiger partial charge is 0.330 e. The third-order valence-electron chi connectivity index (χ3n) is 5.67. The Morgan fingerprint density at radius 1 is 1.20 bits per heavy atom. The molecule has 1 aliphatic heterocycles. The minimum Gasteiger partial charge on any atom is -0.330 e. The fourth-order valence-electron chi connectivity index (χ4n) is 4.02. The SMILES string of the molecule is CC(C)N(CC(=O)N1CCc2sccc2[C@H]1c1ccc(C(C)(C)C)cc1)S(C)(=O)=O. The first-order valence-corrected chi connectivity index (χ1v) is 13.1. The molecule has 1 aromatic carbocycles. The molecule has 0 N–H and O–H groups in total. The normalized spacial score (nSPS) is 17.5. The van der Waals surface area contributed by atoms with Gasteiger partial charge in [-0.3, -0.25) is 4.79 Å². The number of rotatable bonds is 5. The first-order valence-electron chi connectivity index (χ1n) is 10.3. The van der Waals surface area contributed by atoms with Crippen LogP contribution in [-0.2, 0) is 26.7 Å². The van der Waals surface area contributed by atoms with E-state index in [1.807, 2.05) is 4.90 Å². The summed E-state index contributed by atoms with van der Waals surface area (Å²) in [4.78, 5) is 16.5. The van der Waals surface area contributed by atoms with E-state index in [1.54, 1.807) is 25.2 Å². The van der Waals surface area contributed by atoms with Gasteiger partial charge in [0.2, 0.25) is 15.9 Å². The summed E-state index contributed by atoms with van der Waals surface area (Å²) in [6.07, 6.45) is 1.96. The Balaban J connectivity index is 1.96. The maximum atomic E-state index is 13.3. The molecule has 1 amide bonds. The second-order valence-electron chi connectivity index (χ2n) is 9.31. The van der Waals surface area contributed by atoms with Gasteiger partial charge in [0, 0.05) is 17.5 Å². The van der Waals surface area contributed by atoms with Gasteiger partial charge in [0.25, 0.3) is 0 Å². The van der Waals surface area contributed by atoms with Gasteiger partial charge in [-0.2, -0.15) is 4.31 Å². The van der Waals surface area contributed by atoms with E-state index in [0.717, 1.165) is 23.8 Å². The lowest BCUT2D eigenvalue weighted by molar-refractivity contribution is -0.133. The summed E-state index contributed by atoms with van der Waals surface area (Å²) in [5.41, 5.74) is 3.51. The van der Waals surface area contributed by atoms with E-state index >= 15 is 0 Å². The standard InChI is InChI=1S/C23H32N2O3S2/c1-16(2)25(30(6,27)28)15-21(26)24-13-11-20-19(12-14-29-20)22(24)17-7-9-18(10-8-17)23(3,4)5/h7-10,12,14,16,22H,11,13,15H2,1-6H3/t22-/m1/s1. The molecule has 7 heteroatoms. The van der Waals surface area contributed by atoms with Crippen LogP contribution in [0.25, 0.3) is 0 Å². The Hall–Kier alpha value is -1.70. The average molecular weight is 449 g/mol. The highest BCUT2D eigenvalue weighted by molar-refractivity contribution is 7.88. The smallest absolute Gasteiger partial charge is 0.238 e. The van der Waals surface area contributed by atoms with Crippen molar-refractivity contribution in [2.24, 2.45) is 0 Å². The highest BCUT2D eigenvalue weighted by Crippen LogP contribution is 2.38. The summed E-state index contributed by atoms with van der Waals surface area (Å²) in [6, 6.07) is 10.1. The number of sulfonamides is 1. The molecule has 0 aliphatic carbocycles. The molecule has 0 fully saturated rings. The van der Waals surface area contributed by atoms with E-state index < -0.39 is 10.0 Å². The van der Waals surface area contributed by atoms with Crippen molar-refractivity contribution in [1.29, 1.82) is 0 Å². The molecule has 2 aromatic rings. The number of fused-ring (bicyclic) bond motifs is 1. The van der Waals surface area contributed by atoms with Gasteiger partial charge in [-0.1, -0.05) is 45.0 Å². The van der Waals surface area contributed by atoms with Crippen molar-refractivity contribution in [2.45, 2.75) is 58.5 Å². The van der Waals surface area contributed by atoms with Crippen molar-refractivity contribution in [2.75, 3.05) is 19.3 Å². The van der Waals surface area contributed by atoms with Crippen molar-refractivity contribution >= 4 is 27.3 Å². The number of nitrogens with zero attached hydrogens (tertiary/aromatic N) is 2. The first kappa shape index (κ1) is 23.0. The second kappa shape index (κ2) is 8.44. The van der Waals surface area contributed by atoms with Crippen LogP contribution >= 0.6 is 11.3 Å². The molecule has 30 heavy (non-hydrogen) atoms. The van der Waals surface area contributed by atoms with Crippen molar-refractivity contribution < 1.29 is 13.2 Å². The minimum absolute atomic E-state index is 0.0569. The van der Waals surface area contributed by atoms with Crippen molar-refractivity contribution in [1.82, 2.24) is 9.21 Å². The number of carbonyl (C=O) groups is 1. The average Bonchev–Trinajstić information content (AvgIpc) is 3.12. The van der Waals surface area contributed by atoms with E-state index in [0.29, 0.717) is 6.54 Å². The molecular formula is C23H32N2O3S2. The van der Waals surface area contributed by atoms with Gasteiger partial charge in [0.15, 0.2) is 0 Å². The zero-order valence-corrected chi connectivity index (χ0v) is 20.3. The lowest BCUT2D eigenvalue weighted by Crippen LogP contribution is -2.48. The van der Waals surface area contributed by atoms with Crippen LogP contribution in [0, 0.1) is 0 Å². The van der Waals surface area contributed by atoms with Crippen LogP contribution in [0.1, 0.15) is 62.2 Å². The fraction of sp³-hybridized carbons (Fsp3) is 0.522. The molecule has 1 aromatic heterocycles. The van der Waals surface area contributed by atoms with E-state index in [4.69, 9.17) is 0 Å². The lowest BCUT2D eigenvalue weighted by atomic mass is 9.85. The molecule has 0 spiro atoms. The van der Waals surface area contributed by atoms with Crippen LogP contribution < -0.4 is 0 Å². The molecule has 0 unspecified atom stereocenters. The van der Waals surface area contributed by atoms with E-state index in [-0.39, 0.29) is 30.0 Å². The van der Waals surface area contributed by atoms with Crippen LogP contribution in [0.3, 0.4) is 0 Å². The van der Waals surface area contributed by atoms with Crippen LogP contribution in [0.2, 0.25) is 0 Å². The summed E-state index contributed by atoms with van der Waals surface area (Å²) < 4.78 is 25.7. The Morgan fingerprint density at radius 3 is 2.37 bits per heavy atom. The van der Waals surface area contributed by atoms with Gasteiger partial charge in [-0.25, -0.2) is 8.42 Å². The number of benzene rings is 1. The summed E-state index contributed by atoms with van der Waals surface area (Å²) in [5, 5.41) is 2.08. The number of carbonyl (C=O) groups excluding carboxylic acids is 1. The van der Waals surface area contributed by atoms with Gasteiger partial charge < -0.3 is 4.90 Å². The predicted molar refractivity (Wildman–Crippen MR) is 123 cm³/mol. The Morgan fingerprint density at radius 2 is 1.83 bits per heavy atom. The van der Waals surface area contributed by atoms with Crippen LogP contribution in [0.15, 0.2) is 35.7 Å². The Kier molecular flexibility index (Phi) is 6.46. The van der Waals surface area contributed by atoms with E-state index in [9.17, 15) is 13.2 Å². The zero-order chi connectivity index (χ0) is 22.3. The molecule has 3 rings (SSSR count). The van der Waals surface area contributed by atoms with Crippen molar-refractivity contribution in [3.8, 4) is 0 Å². The second-order valence-corrected chi connectivity index (χ2v) is 12.2. The number of thiophene rings is 1. The van der Waals surface area contributed by atoms with Crippen LogP contribution in [0.5, 0.6) is 0 Å². The van der Waals surface area contributed by atoms with Gasteiger partial charge in [0.1, 0.15) is 0 Å². The lowest BCUT2D eigenvalue weighted by Gasteiger charge is -2.38. The zero-order valence-electron chi connectivity index (χ0n) is 18.7. The molecule has 1 atom stereocenters. The molecule has 5 nitrogen and oxygen atoms in total. The summed E-state index contributed by atoms with van der Waals surface area (Å²) in [6.45, 7) is 10.6. The molecular weight excluding hydrogens is 416 g/mol. The topological polar surface area (TPSA) is 57.7 Å². The van der Waals surface area contributed by atoms with Crippen molar-refractivity contribution in [3.63, 3.8) is 0 Å².